The van der Waals surface area contributed by atoms with E-state index < -0.39 is 23.1 Å². The standard InChI is InChI=1S/C16H12F3N7/c1-26-8-11-13(21-12-6-7-20-24-12)22-15(23-14(11)25-26)16(18,19)9-2-4-10(17)5-3-9/h2-8H,1H3,(H2,20,21,22,23,24,25). The summed E-state index contributed by atoms with van der Waals surface area (Å²) in [5, 5.41) is 14.0. The van der Waals surface area contributed by atoms with E-state index in [0.29, 0.717) is 11.2 Å². The highest BCUT2D eigenvalue weighted by Gasteiger charge is 2.38. The van der Waals surface area contributed by atoms with E-state index in [1.807, 2.05) is 0 Å². The number of aryl methyl sites for hydroxylation is 1. The van der Waals surface area contributed by atoms with Crippen molar-refractivity contribution in [3.63, 3.8) is 0 Å². The molecule has 0 radical (unpaired) electrons. The molecule has 0 atom stereocenters. The van der Waals surface area contributed by atoms with Crippen LogP contribution in [-0.4, -0.2) is 29.9 Å². The van der Waals surface area contributed by atoms with Crippen molar-refractivity contribution in [2.75, 3.05) is 5.32 Å². The molecule has 3 aromatic heterocycles. The average Bonchev–Trinajstić information content (AvgIpc) is 3.23. The van der Waals surface area contributed by atoms with Gasteiger partial charge in [-0.15, -0.1) is 0 Å². The highest BCUT2D eigenvalue weighted by Crippen LogP contribution is 2.35. The van der Waals surface area contributed by atoms with Crippen LogP contribution in [0.15, 0.2) is 42.7 Å². The molecule has 2 N–H and O–H groups in total. The Morgan fingerprint density at radius 2 is 1.88 bits per heavy atom. The summed E-state index contributed by atoms with van der Waals surface area (Å²) in [7, 11) is 1.65. The van der Waals surface area contributed by atoms with E-state index in [-0.39, 0.29) is 11.5 Å². The number of rotatable bonds is 4. The monoisotopic (exact) mass is 359 g/mol. The average molecular weight is 359 g/mol. The summed E-state index contributed by atoms with van der Waals surface area (Å²) in [6.45, 7) is 0. The van der Waals surface area contributed by atoms with E-state index in [1.54, 1.807) is 25.5 Å². The summed E-state index contributed by atoms with van der Waals surface area (Å²) >= 11 is 0. The number of aromatic nitrogens is 6. The number of hydrogen-bond acceptors (Lipinski definition) is 5. The molecule has 4 aromatic rings. The van der Waals surface area contributed by atoms with Crippen molar-refractivity contribution in [1.82, 2.24) is 29.9 Å². The SMILES string of the molecule is Cn1cc2c(Nc3cc[nH]n3)nc(C(F)(F)c3ccc(F)cc3)nc2n1. The molecular formula is C16H12F3N7. The van der Waals surface area contributed by atoms with Crippen LogP contribution in [-0.2, 0) is 13.0 Å². The van der Waals surface area contributed by atoms with Crippen LogP contribution in [0.2, 0.25) is 0 Å². The first-order valence-electron chi connectivity index (χ1n) is 7.56. The van der Waals surface area contributed by atoms with E-state index in [9.17, 15) is 13.2 Å². The number of benzene rings is 1. The lowest BCUT2D eigenvalue weighted by molar-refractivity contribution is 0.0332. The van der Waals surface area contributed by atoms with Gasteiger partial charge in [-0.2, -0.15) is 19.0 Å². The fourth-order valence-electron chi connectivity index (χ4n) is 2.49. The number of nitrogens with one attached hydrogen (secondary N) is 2. The number of aromatic amines is 1. The molecule has 0 bridgehead atoms. The van der Waals surface area contributed by atoms with Crippen molar-refractivity contribution in [2.45, 2.75) is 5.92 Å². The lowest BCUT2D eigenvalue weighted by Gasteiger charge is -2.16. The van der Waals surface area contributed by atoms with Gasteiger partial charge in [0.25, 0.3) is 0 Å². The molecule has 4 rings (SSSR count). The van der Waals surface area contributed by atoms with E-state index in [0.717, 1.165) is 24.3 Å². The minimum atomic E-state index is -3.53. The van der Waals surface area contributed by atoms with Crippen LogP contribution < -0.4 is 5.32 Å². The molecule has 7 nitrogen and oxygen atoms in total. The number of anilines is 2. The summed E-state index contributed by atoms with van der Waals surface area (Å²) in [6, 6.07) is 5.56. The van der Waals surface area contributed by atoms with Crippen molar-refractivity contribution < 1.29 is 13.2 Å². The zero-order valence-electron chi connectivity index (χ0n) is 13.4. The first kappa shape index (κ1) is 16.1. The summed E-state index contributed by atoms with van der Waals surface area (Å²) in [4.78, 5) is 7.89. The summed E-state index contributed by atoms with van der Waals surface area (Å²) in [5.74, 6) is -4.32. The van der Waals surface area contributed by atoms with Gasteiger partial charge in [0.05, 0.1) is 5.39 Å². The molecule has 10 heteroatoms. The molecule has 26 heavy (non-hydrogen) atoms. The number of alkyl halides is 2. The van der Waals surface area contributed by atoms with E-state index >= 15 is 0 Å². The third-order valence-corrected chi connectivity index (χ3v) is 3.73. The van der Waals surface area contributed by atoms with Crippen molar-refractivity contribution in [3.05, 3.63) is 59.9 Å². The number of halogens is 3. The first-order chi connectivity index (χ1) is 12.4. The van der Waals surface area contributed by atoms with Gasteiger partial charge in [0.2, 0.25) is 5.82 Å². The predicted octanol–water partition coefficient (Wildman–Crippen LogP) is 3.11. The van der Waals surface area contributed by atoms with Crippen LogP contribution in [0.3, 0.4) is 0 Å². The molecule has 1 aromatic carbocycles. The molecule has 0 aliphatic carbocycles. The van der Waals surface area contributed by atoms with Gasteiger partial charge in [-0.1, -0.05) is 0 Å². The van der Waals surface area contributed by atoms with Gasteiger partial charge in [-0.3, -0.25) is 9.78 Å². The van der Waals surface area contributed by atoms with Crippen LogP contribution >= 0.6 is 0 Å². The van der Waals surface area contributed by atoms with Gasteiger partial charge in [0.1, 0.15) is 11.6 Å². The second-order valence-corrected chi connectivity index (χ2v) is 5.60. The van der Waals surface area contributed by atoms with Gasteiger partial charge < -0.3 is 5.32 Å². The number of hydrogen-bond donors (Lipinski definition) is 2. The summed E-state index contributed by atoms with van der Waals surface area (Å²) in [5.41, 5.74) is -0.308. The van der Waals surface area contributed by atoms with E-state index in [1.165, 1.54) is 4.68 Å². The highest BCUT2D eigenvalue weighted by molar-refractivity contribution is 5.87. The normalized spacial score (nSPS) is 11.8. The predicted molar refractivity (Wildman–Crippen MR) is 87.6 cm³/mol. The molecule has 132 valence electrons. The topological polar surface area (TPSA) is 84.3 Å². The van der Waals surface area contributed by atoms with Gasteiger partial charge in [0, 0.05) is 31.1 Å². The maximum atomic E-state index is 14.9. The highest BCUT2D eigenvalue weighted by atomic mass is 19.3. The van der Waals surface area contributed by atoms with Crippen molar-refractivity contribution in [1.29, 1.82) is 0 Å². The largest absolute Gasteiger partial charge is 0.331 e. The Bertz CT molecular complexity index is 1060. The summed E-state index contributed by atoms with van der Waals surface area (Å²) < 4.78 is 44.3. The smallest absolute Gasteiger partial charge is 0.323 e. The molecule has 0 unspecified atom stereocenters. The Kier molecular flexibility index (Phi) is 3.60. The van der Waals surface area contributed by atoms with Crippen molar-refractivity contribution >= 4 is 22.7 Å². The third kappa shape index (κ3) is 2.75. The minimum absolute atomic E-state index is 0.109. The zero-order valence-corrected chi connectivity index (χ0v) is 13.4. The molecule has 0 fully saturated rings. The van der Waals surface area contributed by atoms with Crippen LogP contribution in [0, 0.1) is 5.82 Å². The maximum absolute atomic E-state index is 14.9. The van der Waals surface area contributed by atoms with Crippen molar-refractivity contribution in [2.24, 2.45) is 7.05 Å². The van der Waals surface area contributed by atoms with Crippen LogP contribution in [0.1, 0.15) is 11.4 Å². The van der Waals surface area contributed by atoms with Gasteiger partial charge >= 0.3 is 5.92 Å². The second-order valence-electron chi connectivity index (χ2n) is 5.60. The van der Waals surface area contributed by atoms with Gasteiger partial charge in [-0.05, 0) is 24.3 Å². The van der Waals surface area contributed by atoms with Crippen LogP contribution in [0.5, 0.6) is 0 Å². The Labute approximate surface area is 144 Å². The Balaban J connectivity index is 1.85. The lowest BCUT2D eigenvalue weighted by atomic mass is 10.1. The maximum Gasteiger partial charge on any atom is 0.331 e. The Hall–Kier alpha value is -3.43. The quantitative estimate of drug-likeness (QED) is 0.585. The minimum Gasteiger partial charge on any atom is -0.323 e. The molecule has 0 spiro atoms. The number of H-pyrrole nitrogens is 1. The Morgan fingerprint density at radius 3 is 2.58 bits per heavy atom. The van der Waals surface area contributed by atoms with E-state index in [4.69, 9.17) is 0 Å². The number of fused-ring (bicyclic) bond motifs is 1. The molecule has 0 amide bonds. The lowest BCUT2D eigenvalue weighted by Crippen LogP contribution is -2.20. The van der Waals surface area contributed by atoms with E-state index in [2.05, 4.69) is 30.6 Å². The number of nitrogens with zero attached hydrogens (tertiary/aromatic N) is 5. The fraction of sp³-hybridized carbons (Fsp3) is 0.125. The van der Waals surface area contributed by atoms with Gasteiger partial charge in [-0.25, -0.2) is 14.4 Å². The zero-order chi connectivity index (χ0) is 18.3. The Morgan fingerprint density at radius 1 is 1.12 bits per heavy atom. The van der Waals surface area contributed by atoms with Gasteiger partial charge in [0.15, 0.2) is 11.5 Å². The summed E-state index contributed by atoms with van der Waals surface area (Å²) in [6.07, 6.45) is 3.20. The third-order valence-electron chi connectivity index (χ3n) is 3.73. The van der Waals surface area contributed by atoms with Crippen LogP contribution in [0.25, 0.3) is 11.0 Å². The molecule has 0 aliphatic rings. The second kappa shape index (κ2) is 5.83. The molecule has 0 aliphatic heterocycles. The van der Waals surface area contributed by atoms with Crippen LogP contribution in [0.4, 0.5) is 24.8 Å². The van der Waals surface area contributed by atoms with Crippen molar-refractivity contribution in [3.8, 4) is 0 Å². The molecule has 0 saturated heterocycles. The first-order valence-corrected chi connectivity index (χ1v) is 7.56. The fourth-order valence-corrected chi connectivity index (χ4v) is 2.49. The molecule has 3 heterocycles. The molecular weight excluding hydrogens is 347 g/mol. The molecule has 0 saturated carbocycles.